The second-order valence-corrected chi connectivity index (χ2v) is 7.76. The first kappa shape index (κ1) is 20.8. The number of hydrogen-bond donors (Lipinski definition) is 1. The maximum absolute atomic E-state index is 9.54. The van der Waals surface area contributed by atoms with Crippen LogP contribution in [0.4, 0.5) is 0 Å². The average Bonchev–Trinajstić information content (AvgIpc) is 3.04. The Morgan fingerprint density at radius 2 is 1.54 bits per heavy atom. The van der Waals surface area contributed by atoms with E-state index in [4.69, 9.17) is 18.9 Å². The van der Waals surface area contributed by atoms with Crippen molar-refractivity contribution in [2.75, 3.05) is 13.7 Å². The molecule has 3 rings (SSSR count). The maximum Gasteiger partial charge on any atom is 0.164 e. The average molecular weight is 386 g/mol. The van der Waals surface area contributed by atoms with E-state index in [1.165, 1.54) is 0 Å². The van der Waals surface area contributed by atoms with Crippen molar-refractivity contribution in [3.8, 4) is 5.75 Å². The van der Waals surface area contributed by atoms with Crippen molar-refractivity contribution in [2.45, 2.75) is 52.0 Å². The van der Waals surface area contributed by atoms with Crippen molar-refractivity contribution >= 4 is 0 Å². The van der Waals surface area contributed by atoms with Crippen LogP contribution in [0.15, 0.2) is 48.5 Å². The fourth-order valence-corrected chi connectivity index (χ4v) is 3.38. The van der Waals surface area contributed by atoms with Crippen molar-refractivity contribution in [1.82, 2.24) is 0 Å². The third kappa shape index (κ3) is 5.11. The SMILES string of the molecule is COc1ccc(COCc2ccc([C@H]3OC(C)(C)O[C@@H]3[C@@H](C)CO)cc2)cc1. The summed E-state index contributed by atoms with van der Waals surface area (Å²) >= 11 is 0. The Hall–Kier alpha value is -1.92. The Morgan fingerprint density at radius 1 is 0.964 bits per heavy atom. The van der Waals surface area contributed by atoms with Crippen molar-refractivity contribution in [3.63, 3.8) is 0 Å². The van der Waals surface area contributed by atoms with E-state index in [1.807, 2.05) is 45.0 Å². The standard InChI is InChI=1S/C23H30O5/c1-16(13-24)21-22(28-23(2,3)27-21)19-9-5-17(6-10-19)14-26-15-18-7-11-20(25-4)12-8-18/h5-12,16,21-22,24H,13-15H2,1-4H3/t16-,21+,22+/m0/s1. The van der Waals surface area contributed by atoms with Gasteiger partial charge in [0, 0.05) is 12.5 Å². The molecule has 2 aromatic rings. The Morgan fingerprint density at radius 3 is 2.07 bits per heavy atom. The normalized spacial score (nSPS) is 22.2. The lowest BCUT2D eigenvalue weighted by Gasteiger charge is -2.22. The number of rotatable bonds is 8. The zero-order valence-corrected chi connectivity index (χ0v) is 17.1. The zero-order chi connectivity index (χ0) is 20.1. The molecule has 1 N–H and O–H groups in total. The van der Waals surface area contributed by atoms with Crippen LogP contribution < -0.4 is 4.74 Å². The third-order valence-electron chi connectivity index (χ3n) is 4.98. The monoisotopic (exact) mass is 386 g/mol. The van der Waals surface area contributed by atoms with Crippen LogP contribution >= 0.6 is 0 Å². The number of benzene rings is 2. The molecule has 0 spiro atoms. The van der Waals surface area contributed by atoms with Crippen LogP contribution in [0.3, 0.4) is 0 Å². The minimum absolute atomic E-state index is 0.000665. The Labute approximate surface area is 167 Å². The van der Waals surface area contributed by atoms with Crippen LogP contribution in [0.5, 0.6) is 5.75 Å². The van der Waals surface area contributed by atoms with E-state index in [9.17, 15) is 5.11 Å². The number of aliphatic hydroxyl groups excluding tert-OH is 1. The van der Waals surface area contributed by atoms with Gasteiger partial charge in [0.25, 0.3) is 0 Å². The van der Waals surface area contributed by atoms with Crippen LogP contribution in [0.1, 0.15) is 43.6 Å². The van der Waals surface area contributed by atoms with Gasteiger partial charge in [0.1, 0.15) is 11.9 Å². The van der Waals surface area contributed by atoms with Gasteiger partial charge >= 0.3 is 0 Å². The molecule has 3 atom stereocenters. The van der Waals surface area contributed by atoms with Crippen molar-refractivity contribution in [3.05, 3.63) is 65.2 Å². The lowest BCUT2D eigenvalue weighted by atomic mass is 9.95. The number of methoxy groups -OCH3 is 1. The molecule has 0 saturated carbocycles. The quantitative estimate of drug-likeness (QED) is 0.736. The van der Waals surface area contributed by atoms with Crippen LogP contribution in [0, 0.1) is 5.92 Å². The highest BCUT2D eigenvalue weighted by Gasteiger charge is 2.44. The molecule has 2 aromatic carbocycles. The Bertz CT molecular complexity index is 739. The Balaban J connectivity index is 1.58. The first-order chi connectivity index (χ1) is 13.4. The van der Waals surface area contributed by atoms with Gasteiger partial charge in [-0.05, 0) is 42.7 Å². The first-order valence-corrected chi connectivity index (χ1v) is 9.68. The maximum atomic E-state index is 9.54. The van der Waals surface area contributed by atoms with E-state index in [0.717, 1.165) is 22.4 Å². The van der Waals surface area contributed by atoms with Gasteiger partial charge < -0.3 is 24.1 Å². The molecule has 1 aliphatic rings. The van der Waals surface area contributed by atoms with Gasteiger partial charge in [-0.1, -0.05) is 43.3 Å². The van der Waals surface area contributed by atoms with Crippen LogP contribution in [0.25, 0.3) is 0 Å². The molecule has 1 fully saturated rings. The van der Waals surface area contributed by atoms with E-state index in [0.29, 0.717) is 13.2 Å². The molecule has 0 aromatic heterocycles. The Kier molecular flexibility index (Phi) is 6.73. The summed E-state index contributed by atoms with van der Waals surface area (Å²) in [6.45, 7) is 6.95. The first-order valence-electron chi connectivity index (χ1n) is 9.68. The van der Waals surface area contributed by atoms with Crippen molar-refractivity contribution in [1.29, 1.82) is 0 Å². The lowest BCUT2D eigenvalue weighted by molar-refractivity contribution is -0.151. The van der Waals surface area contributed by atoms with E-state index in [-0.39, 0.29) is 24.7 Å². The van der Waals surface area contributed by atoms with E-state index in [2.05, 4.69) is 24.3 Å². The summed E-state index contributed by atoms with van der Waals surface area (Å²) in [4.78, 5) is 0. The molecule has 0 bridgehead atoms. The number of hydrogen-bond acceptors (Lipinski definition) is 5. The molecule has 0 radical (unpaired) electrons. The summed E-state index contributed by atoms with van der Waals surface area (Å²) in [5.41, 5.74) is 3.26. The molecule has 152 valence electrons. The van der Waals surface area contributed by atoms with Crippen LogP contribution in [-0.2, 0) is 27.4 Å². The molecular formula is C23H30O5. The molecule has 1 saturated heterocycles. The van der Waals surface area contributed by atoms with Crippen LogP contribution in [-0.4, -0.2) is 30.7 Å². The van der Waals surface area contributed by atoms with Gasteiger partial charge in [0.05, 0.1) is 26.4 Å². The number of aliphatic hydroxyl groups is 1. The van der Waals surface area contributed by atoms with Gasteiger partial charge in [-0.3, -0.25) is 0 Å². The molecule has 28 heavy (non-hydrogen) atoms. The predicted octanol–water partition coefficient (Wildman–Crippen LogP) is 4.23. The summed E-state index contributed by atoms with van der Waals surface area (Å²) in [6, 6.07) is 16.1. The van der Waals surface area contributed by atoms with Gasteiger partial charge in [-0.25, -0.2) is 0 Å². The molecule has 0 amide bonds. The van der Waals surface area contributed by atoms with Crippen molar-refractivity contribution < 1.29 is 24.1 Å². The van der Waals surface area contributed by atoms with E-state index >= 15 is 0 Å². The minimum Gasteiger partial charge on any atom is -0.497 e. The topological polar surface area (TPSA) is 57.2 Å². The second kappa shape index (κ2) is 9.05. The molecule has 0 aliphatic carbocycles. The predicted molar refractivity (Wildman–Crippen MR) is 107 cm³/mol. The van der Waals surface area contributed by atoms with Crippen molar-refractivity contribution in [2.24, 2.45) is 5.92 Å². The third-order valence-corrected chi connectivity index (χ3v) is 4.98. The lowest BCUT2D eigenvalue weighted by Crippen LogP contribution is -2.28. The molecule has 5 nitrogen and oxygen atoms in total. The molecule has 1 aliphatic heterocycles. The fourth-order valence-electron chi connectivity index (χ4n) is 3.38. The smallest absolute Gasteiger partial charge is 0.164 e. The molecule has 0 unspecified atom stereocenters. The number of ether oxygens (including phenoxy) is 4. The molecular weight excluding hydrogens is 356 g/mol. The highest BCUT2D eigenvalue weighted by molar-refractivity contribution is 5.27. The second-order valence-electron chi connectivity index (χ2n) is 7.76. The summed E-state index contributed by atoms with van der Waals surface area (Å²) in [5, 5.41) is 9.54. The van der Waals surface area contributed by atoms with E-state index in [1.54, 1.807) is 7.11 Å². The zero-order valence-electron chi connectivity index (χ0n) is 17.1. The fraction of sp³-hybridized carbons (Fsp3) is 0.478. The summed E-state index contributed by atoms with van der Waals surface area (Å²) in [7, 11) is 1.66. The largest absolute Gasteiger partial charge is 0.497 e. The molecule has 1 heterocycles. The highest BCUT2D eigenvalue weighted by atomic mass is 16.8. The highest BCUT2D eigenvalue weighted by Crippen LogP contribution is 2.41. The summed E-state index contributed by atoms with van der Waals surface area (Å²) in [6.07, 6.45) is -0.358. The van der Waals surface area contributed by atoms with Gasteiger partial charge in [-0.15, -0.1) is 0 Å². The molecule has 5 heteroatoms. The minimum atomic E-state index is -0.654. The van der Waals surface area contributed by atoms with Gasteiger partial charge in [0.15, 0.2) is 5.79 Å². The van der Waals surface area contributed by atoms with Crippen LogP contribution in [0.2, 0.25) is 0 Å². The summed E-state index contributed by atoms with van der Waals surface area (Å²) < 4.78 is 23.1. The van der Waals surface area contributed by atoms with Gasteiger partial charge in [-0.2, -0.15) is 0 Å². The summed E-state index contributed by atoms with van der Waals surface area (Å²) in [5.74, 6) is 0.188. The van der Waals surface area contributed by atoms with E-state index < -0.39 is 5.79 Å². The van der Waals surface area contributed by atoms with Gasteiger partial charge in [0.2, 0.25) is 0 Å².